The van der Waals surface area contributed by atoms with Crippen molar-refractivity contribution in [3.8, 4) is 0 Å². The Hall–Kier alpha value is -1.72. The van der Waals surface area contributed by atoms with E-state index in [9.17, 15) is 5.11 Å². The Morgan fingerprint density at radius 1 is 1.35 bits per heavy atom. The topological polar surface area (TPSA) is 68.4 Å². The van der Waals surface area contributed by atoms with E-state index < -0.39 is 6.10 Å². The number of hydrogen-bond acceptors (Lipinski definition) is 5. The van der Waals surface area contributed by atoms with E-state index in [2.05, 4.69) is 10.1 Å². The van der Waals surface area contributed by atoms with Crippen LogP contribution in [0.2, 0.25) is 0 Å². The summed E-state index contributed by atoms with van der Waals surface area (Å²) in [4.78, 5) is 4.07. The van der Waals surface area contributed by atoms with Crippen molar-refractivity contribution in [2.75, 3.05) is 6.61 Å². The second kappa shape index (κ2) is 5.56. The smallest absolute Gasteiger partial charge is 0.260 e. The SMILES string of the molecule is CCOCc1noc(C(O)c2ccccc2)n1. The van der Waals surface area contributed by atoms with E-state index in [-0.39, 0.29) is 5.89 Å². The Labute approximate surface area is 99.0 Å². The van der Waals surface area contributed by atoms with E-state index in [1.807, 2.05) is 25.1 Å². The van der Waals surface area contributed by atoms with Crippen LogP contribution in [0.1, 0.15) is 30.3 Å². The lowest BCUT2D eigenvalue weighted by molar-refractivity contribution is 0.126. The fraction of sp³-hybridized carbons (Fsp3) is 0.333. The molecule has 0 bridgehead atoms. The Bertz CT molecular complexity index is 456. The largest absolute Gasteiger partial charge is 0.378 e. The number of ether oxygens (including phenoxy) is 1. The molecule has 0 fully saturated rings. The monoisotopic (exact) mass is 234 g/mol. The van der Waals surface area contributed by atoms with E-state index >= 15 is 0 Å². The molecule has 0 spiro atoms. The van der Waals surface area contributed by atoms with Gasteiger partial charge in [0.2, 0.25) is 0 Å². The Morgan fingerprint density at radius 2 is 2.12 bits per heavy atom. The van der Waals surface area contributed by atoms with Crippen LogP contribution >= 0.6 is 0 Å². The van der Waals surface area contributed by atoms with Crippen molar-refractivity contribution in [2.24, 2.45) is 0 Å². The van der Waals surface area contributed by atoms with E-state index in [0.29, 0.717) is 19.0 Å². The van der Waals surface area contributed by atoms with Crippen LogP contribution in [0.25, 0.3) is 0 Å². The average molecular weight is 234 g/mol. The molecule has 1 heterocycles. The Balaban J connectivity index is 2.09. The van der Waals surface area contributed by atoms with Gasteiger partial charge in [-0.1, -0.05) is 35.5 Å². The predicted octanol–water partition coefficient (Wildman–Crippen LogP) is 1.69. The van der Waals surface area contributed by atoms with Crippen LogP contribution in [0.4, 0.5) is 0 Å². The van der Waals surface area contributed by atoms with Gasteiger partial charge in [-0.3, -0.25) is 0 Å². The molecule has 0 aliphatic heterocycles. The predicted molar refractivity (Wildman–Crippen MR) is 60.1 cm³/mol. The number of aromatic nitrogens is 2. The van der Waals surface area contributed by atoms with Crippen LogP contribution < -0.4 is 0 Å². The summed E-state index contributed by atoms with van der Waals surface area (Å²) < 4.78 is 10.1. The number of aliphatic hydroxyl groups is 1. The minimum absolute atomic E-state index is 0.186. The highest BCUT2D eigenvalue weighted by Crippen LogP contribution is 2.19. The molecule has 0 amide bonds. The molecule has 5 heteroatoms. The van der Waals surface area contributed by atoms with Crippen molar-refractivity contribution in [1.82, 2.24) is 10.1 Å². The first-order chi connectivity index (χ1) is 8.31. The van der Waals surface area contributed by atoms with Crippen molar-refractivity contribution in [1.29, 1.82) is 0 Å². The maximum atomic E-state index is 9.99. The van der Waals surface area contributed by atoms with Crippen LogP contribution in [-0.4, -0.2) is 21.9 Å². The molecular weight excluding hydrogens is 220 g/mol. The van der Waals surface area contributed by atoms with Gasteiger partial charge in [0.25, 0.3) is 5.89 Å². The molecule has 1 N–H and O–H groups in total. The van der Waals surface area contributed by atoms with Crippen LogP contribution in [0, 0.1) is 0 Å². The van der Waals surface area contributed by atoms with Crippen LogP contribution in [-0.2, 0) is 11.3 Å². The van der Waals surface area contributed by atoms with Crippen LogP contribution in [0.5, 0.6) is 0 Å². The summed E-state index contributed by atoms with van der Waals surface area (Å²) in [5.74, 6) is 0.628. The molecule has 0 saturated heterocycles. The standard InChI is InChI=1S/C12H14N2O3/c1-2-16-8-10-13-12(17-14-10)11(15)9-6-4-3-5-7-9/h3-7,11,15H,2,8H2,1H3. The van der Waals surface area contributed by atoms with Gasteiger partial charge in [-0.2, -0.15) is 4.98 Å². The molecule has 1 atom stereocenters. The number of rotatable bonds is 5. The highest BCUT2D eigenvalue weighted by Gasteiger charge is 2.17. The molecule has 2 rings (SSSR count). The van der Waals surface area contributed by atoms with Gasteiger partial charge in [-0.25, -0.2) is 0 Å². The van der Waals surface area contributed by atoms with Crippen molar-refractivity contribution >= 4 is 0 Å². The van der Waals surface area contributed by atoms with Gasteiger partial charge in [-0.15, -0.1) is 0 Å². The summed E-state index contributed by atoms with van der Waals surface area (Å²) >= 11 is 0. The zero-order chi connectivity index (χ0) is 12.1. The summed E-state index contributed by atoms with van der Waals surface area (Å²) in [6, 6.07) is 9.17. The minimum Gasteiger partial charge on any atom is -0.378 e. The highest BCUT2D eigenvalue weighted by atomic mass is 16.5. The van der Waals surface area contributed by atoms with E-state index in [1.165, 1.54) is 0 Å². The normalized spacial score (nSPS) is 12.6. The van der Waals surface area contributed by atoms with Crippen molar-refractivity contribution in [2.45, 2.75) is 19.6 Å². The molecule has 0 aliphatic carbocycles. The van der Waals surface area contributed by atoms with Crippen molar-refractivity contribution < 1.29 is 14.4 Å². The lowest BCUT2D eigenvalue weighted by Crippen LogP contribution is -2.00. The number of benzene rings is 1. The van der Waals surface area contributed by atoms with E-state index in [4.69, 9.17) is 9.26 Å². The van der Waals surface area contributed by atoms with Crippen molar-refractivity contribution in [3.63, 3.8) is 0 Å². The summed E-state index contributed by atoms with van der Waals surface area (Å²) in [7, 11) is 0. The van der Waals surface area contributed by atoms with Gasteiger partial charge in [-0.05, 0) is 12.5 Å². The molecular formula is C12H14N2O3. The molecule has 1 aromatic heterocycles. The number of nitrogens with zero attached hydrogens (tertiary/aromatic N) is 2. The second-order valence-electron chi connectivity index (χ2n) is 3.50. The van der Waals surface area contributed by atoms with Gasteiger partial charge in [0.15, 0.2) is 11.9 Å². The fourth-order valence-electron chi connectivity index (χ4n) is 1.41. The first-order valence-corrected chi connectivity index (χ1v) is 5.44. The molecule has 0 radical (unpaired) electrons. The first-order valence-electron chi connectivity index (χ1n) is 5.44. The fourth-order valence-corrected chi connectivity index (χ4v) is 1.41. The number of hydrogen-bond donors (Lipinski definition) is 1. The molecule has 1 unspecified atom stereocenters. The third kappa shape index (κ3) is 2.89. The van der Waals surface area contributed by atoms with Crippen LogP contribution in [0.15, 0.2) is 34.9 Å². The maximum absolute atomic E-state index is 9.99. The molecule has 0 aliphatic rings. The number of aliphatic hydroxyl groups excluding tert-OH is 1. The third-order valence-electron chi connectivity index (χ3n) is 2.27. The van der Waals surface area contributed by atoms with Crippen molar-refractivity contribution in [3.05, 3.63) is 47.6 Å². The molecule has 90 valence electrons. The second-order valence-corrected chi connectivity index (χ2v) is 3.50. The molecule has 0 saturated carbocycles. The van der Waals surface area contributed by atoms with E-state index in [1.54, 1.807) is 12.1 Å². The summed E-state index contributed by atoms with van der Waals surface area (Å²) in [5.41, 5.74) is 0.721. The van der Waals surface area contributed by atoms with E-state index in [0.717, 1.165) is 5.56 Å². The summed E-state index contributed by atoms with van der Waals surface area (Å²) in [6.07, 6.45) is -0.890. The van der Waals surface area contributed by atoms with Crippen LogP contribution in [0.3, 0.4) is 0 Å². The average Bonchev–Trinajstić information content (AvgIpc) is 2.85. The third-order valence-corrected chi connectivity index (χ3v) is 2.27. The lowest BCUT2D eigenvalue weighted by atomic mass is 10.1. The minimum atomic E-state index is -0.890. The van der Waals surface area contributed by atoms with Gasteiger partial charge < -0.3 is 14.4 Å². The zero-order valence-electron chi connectivity index (χ0n) is 9.54. The van der Waals surface area contributed by atoms with Gasteiger partial charge >= 0.3 is 0 Å². The lowest BCUT2D eigenvalue weighted by Gasteiger charge is -2.04. The Kier molecular flexibility index (Phi) is 3.85. The first kappa shape index (κ1) is 11.8. The van der Waals surface area contributed by atoms with Gasteiger partial charge in [0.05, 0.1) is 0 Å². The molecule has 2 aromatic rings. The maximum Gasteiger partial charge on any atom is 0.260 e. The van der Waals surface area contributed by atoms with Gasteiger partial charge in [0, 0.05) is 6.61 Å². The molecule has 1 aromatic carbocycles. The molecule has 5 nitrogen and oxygen atoms in total. The quantitative estimate of drug-likeness (QED) is 0.852. The highest BCUT2D eigenvalue weighted by molar-refractivity contribution is 5.21. The Morgan fingerprint density at radius 3 is 2.82 bits per heavy atom. The summed E-state index contributed by atoms with van der Waals surface area (Å²) in [5, 5.41) is 13.7. The van der Waals surface area contributed by atoms with Gasteiger partial charge in [0.1, 0.15) is 6.61 Å². The summed E-state index contributed by atoms with van der Waals surface area (Å²) in [6.45, 7) is 2.77. The molecule has 17 heavy (non-hydrogen) atoms. The zero-order valence-corrected chi connectivity index (χ0v) is 9.54.